The van der Waals surface area contributed by atoms with Gasteiger partial charge in [0.2, 0.25) is 0 Å². The molecule has 6 nitrogen and oxygen atoms in total. The maximum Gasteiger partial charge on any atom is 0.400 e. The molecule has 1 heterocycles. The molecule has 0 bridgehead atoms. The van der Waals surface area contributed by atoms with Gasteiger partial charge >= 0.3 is 13.3 Å². The smallest absolute Gasteiger partial charge is 0.305 e. The Hall–Kier alpha value is -0.720. The van der Waals surface area contributed by atoms with E-state index in [2.05, 4.69) is 10.2 Å². The van der Waals surface area contributed by atoms with E-state index in [9.17, 15) is 18.1 Å². The summed E-state index contributed by atoms with van der Waals surface area (Å²) in [6.07, 6.45) is 1.67. The van der Waals surface area contributed by atoms with Crippen molar-refractivity contribution >= 4 is 13.4 Å². The van der Waals surface area contributed by atoms with Crippen LogP contribution in [0.4, 0.5) is 8.78 Å². The molecule has 0 unspecified atom stereocenters. The van der Waals surface area contributed by atoms with Crippen LogP contribution in [0.2, 0.25) is 0 Å². The lowest BCUT2D eigenvalue weighted by molar-refractivity contribution is -0.132. The van der Waals surface area contributed by atoms with Crippen molar-refractivity contribution in [1.29, 1.82) is 0 Å². The van der Waals surface area contributed by atoms with Gasteiger partial charge in [-0.25, -0.2) is 0 Å². The van der Waals surface area contributed by atoms with Gasteiger partial charge in [-0.05, 0) is 26.7 Å². The summed E-state index contributed by atoms with van der Waals surface area (Å²) in [5, 5.41) is 7.54. The molecule has 0 aromatic rings. The summed E-state index contributed by atoms with van der Waals surface area (Å²) in [5.41, 5.74) is -5.39. The van der Waals surface area contributed by atoms with Crippen LogP contribution >= 0.6 is 7.60 Å². The summed E-state index contributed by atoms with van der Waals surface area (Å²) < 4.78 is 52.1. The third-order valence-corrected chi connectivity index (χ3v) is 6.41. The fourth-order valence-corrected chi connectivity index (χ4v) is 4.89. The Morgan fingerprint density at radius 2 is 1.95 bits per heavy atom. The Morgan fingerprint density at radius 1 is 1.32 bits per heavy atom. The van der Waals surface area contributed by atoms with E-state index in [4.69, 9.17) is 9.05 Å². The minimum absolute atomic E-state index is 0.172. The number of ketones is 1. The van der Waals surface area contributed by atoms with E-state index in [0.29, 0.717) is 12.8 Å². The highest BCUT2D eigenvalue weighted by atomic mass is 31.2. The van der Waals surface area contributed by atoms with Crippen LogP contribution in [0.15, 0.2) is 10.2 Å². The molecule has 0 aromatic heterocycles. The van der Waals surface area contributed by atoms with Crippen molar-refractivity contribution in [3.63, 3.8) is 0 Å². The Balaban J connectivity index is 2.39. The molecule has 2 rings (SSSR count). The van der Waals surface area contributed by atoms with Gasteiger partial charge in [0, 0.05) is 6.42 Å². The third-order valence-electron chi connectivity index (χ3n) is 4.17. The lowest BCUT2D eigenvalue weighted by atomic mass is 9.73. The van der Waals surface area contributed by atoms with Crippen LogP contribution in [-0.2, 0) is 18.4 Å². The molecule has 0 aromatic carbocycles. The monoisotopic (exact) mass is 338 g/mol. The molecule has 1 aliphatic carbocycles. The lowest BCUT2D eigenvalue weighted by Crippen LogP contribution is -2.52. The van der Waals surface area contributed by atoms with E-state index in [-0.39, 0.29) is 38.4 Å². The molecule has 0 saturated heterocycles. The minimum Gasteiger partial charge on any atom is -0.305 e. The zero-order chi connectivity index (χ0) is 16.4. The molecule has 1 aliphatic heterocycles. The first kappa shape index (κ1) is 17.6. The quantitative estimate of drug-likeness (QED) is 0.690. The molecule has 1 spiro atoms. The Kier molecular flexibility index (Phi) is 5.14. The van der Waals surface area contributed by atoms with Gasteiger partial charge in [0.1, 0.15) is 0 Å². The number of hydrogen-bond donors (Lipinski definition) is 0. The predicted octanol–water partition coefficient (Wildman–Crippen LogP) is 3.81. The topological polar surface area (TPSA) is 77.3 Å². The average molecular weight is 338 g/mol. The summed E-state index contributed by atoms with van der Waals surface area (Å²) in [6, 6.07) is 0. The number of hydrogen-bond acceptors (Lipinski definition) is 6. The highest BCUT2D eigenvalue weighted by molar-refractivity contribution is 7.55. The van der Waals surface area contributed by atoms with Crippen LogP contribution in [0.1, 0.15) is 39.5 Å². The lowest BCUT2D eigenvalue weighted by Gasteiger charge is -2.39. The fourth-order valence-electron chi connectivity index (χ4n) is 3.12. The highest BCUT2D eigenvalue weighted by Gasteiger charge is 2.68. The maximum atomic E-state index is 15.0. The van der Waals surface area contributed by atoms with Crippen molar-refractivity contribution in [3.8, 4) is 0 Å². The maximum absolute atomic E-state index is 15.0. The van der Waals surface area contributed by atoms with Crippen LogP contribution in [0.25, 0.3) is 0 Å². The molecule has 0 radical (unpaired) electrons. The van der Waals surface area contributed by atoms with Crippen LogP contribution in [0.5, 0.6) is 0 Å². The largest absolute Gasteiger partial charge is 0.400 e. The molecular weight excluding hydrogens is 317 g/mol. The minimum atomic E-state index is -4.70. The van der Waals surface area contributed by atoms with Gasteiger partial charge in [0.25, 0.3) is 0 Å². The number of halogens is 2. The molecule has 126 valence electrons. The van der Waals surface area contributed by atoms with Gasteiger partial charge in [0.15, 0.2) is 11.3 Å². The van der Waals surface area contributed by atoms with E-state index in [0.717, 1.165) is 0 Å². The van der Waals surface area contributed by atoms with Gasteiger partial charge in [-0.15, -0.1) is 0 Å². The molecule has 22 heavy (non-hydrogen) atoms. The van der Waals surface area contributed by atoms with Crippen molar-refractivity contribution in [3.05, 3.63) is 0 Å². The molecule has 1 saturated carbocycles. The summed E-state index contributed by atoms with van der Waals surface area (Å²) in [5.74, 6) is -1.93. The predicted molar refractivity (Wildman–Crippen MR) is 75.2 cm³/mol. The molecule has 2 aliphatic rings. The second kappa shape index (κ2) is 6.42. The summed E-state index contributed by atoms with van der Waals surface area (Å²) >= 11 is 0. The molecule has 0 amide bonds. The van der Waals surface area contributed by atoms with E-state index >= 15 is 0 Å². The van der Waals surface area contributed by atoms with Gasteiger partial charge in [-0.3, -0.25) is 9.36 Å². The zero-order valence-corrected chi connectivity index (χ0v) is 13.7. The van der Waals surface area contributed by atoms with E-state index in [1.165, 1.54) is 13.8 Å². The van der Waals surface area contributed by atoms with Crippen molar-refractivity contribution in [1.82, 2.24) is 0 Å². The van der Waals surface area contributed by atoms with Gasteiger partial charge in [-0.2, -0.15) is 19.0 Å². The van der Waals surface area contributed by atoms with Crippen LogP contribution < -0.4 is 0 Å². The SMILES string of the molecule is CCOP(=O)(OCC)C(F)(F)[C@@H]1CN=N[C@]12CCCCC2=O. The Bertz CT molecular complexity index is 504. The molecule has 2 atom stereocenters. The number of Topliss-reactive ketones (excluding diaryl/α,β-unsaturated/α-hetero) is 1. The van der Waals surface area contributed by atoms with Crippen LogP contribution in [0, 0.1) is 5.92 Å². The van der Waals surface area contributed by atoms with E-state index in [1.54, 1.807) is 0 Å². The van der Waals surface area contributed by atoms with Crippen LogP contribution in [0.3, 0.4) is 0 Å². The van der Waals surface area contributed by atoms with Gasteiger partial charge in [0.05, 0.1) is 25.7 Å². The zero-order valence-electron chi connectivity index (χ0n) is 12.8. The summed E-state index contributed by atoms with van der Waals surface area (Å²) in [6.45, 7) is 2.24. The second-order valence-electron chi connectivity index (χ2n) is 5.45. The normalized spacial score (nSPS) is 29.5. The molecule has 1 fully saturated rings. The van der Waals surface area contributed by atoms with E-state index < -0.39 is 24.7 Å². The molecular formula is C13H21F2N2O4P. The number of alkyl halides is 2. The third kappa shape index (κ3) is 2.65. The van der Waals surface area contributed by atoms with Gasteiger partial charge in [-0.1, -0.05) is 6.42 Å². The molecule has 9 heteroatoms. The first-order valence-corrected chi connectivity index (χ1v) is 9.07. The van der Waals surface area contributed by atoms with Crippen molar-refractivity contribution in [2.45, 2.75) is 50.7 Å². The Morgan fingerprint density at radius 3 is 2.50 bits per heavy atom. The molecule has 0 N–H and O–H groups in total. The number of carbonyl (C=O) groups excluding carboxylic acids is 1. The van der Waals surface area contributed by atoms with Crippen LogP contribution in [-0.4, -0.2) is 36.7 Å². The number of rotatable bonds is 6. The summed E-state index contributed by atoms with van der Waals surface area (Å²) in [7, 11) is -4.70. The Labute approximate surface area is 128 Å². The average Bonchev–Trinajstić information content (AvgIpc) is 2.88. The van der Waals surface area contributed by atoms with Crippen molar-refractivity contribution in [2.75, 3.05) is 19.8 Å². The first-order valence-electron chi connectivity index (χ1n) is 7.53. The standard InChI is InChI=1S/C13H21F2N2O4P/c1-3-20-22(19,21-4-2)13(14,15)10-9-16-17-12(10)8-6-5-7-11(12)18/h10H,3-9H2,1-2H3/t10-,12-/m1/s1. The number of nitrogens with zero attached hydrogens (tertiary/aromatic N) is 2. The fraction of sp³-hybridized carbons (Fsp3) is 0.923. The summed E-state index contributed by atoms with van der Waals surface area (Å²) in [4.78, 5) is 12.3. The number of carbonyl (C=O) groups is 1. The van der Waals surface area contributed by atoms with Gasteiger partial charge < -0.3 is 9.05 Å². The van der Waals surface area contributed by atoms with Crippen molar-refractivity contribution in [2.24, 2.45) is 16.1 Å². The second-order valence-corrected chi connectivity index (χ2v) is 7.56. The highest BCUT2D eigenvalue weighted by Crippen LogP contribution is 2.67. The van der Waals surface area contributed by atoms with Crippen molar-refractivity contribution < 1.29 is 27.2 Å². The van der Waals surface area contributed by atoms with E-state index in [1.807, 2.05) is 0 Å². The number of azo groups is 1. The first-order chi connectivity index (χ1) is 10.3.